The second-order valence-corrected chi connectivity index (χ2v) is 7.26. The van der Waals surface area contributed by atoms with Gasteiger partial charge in [-0.2, -0.15) is 11.8 Å². The van der Waals surface area contributed by atoms with Crippen LogP contribution in [0.4, 0.5) is 0 Å². The van der Waals surface area contributed by atoms with Crippen LogP contribution in [0.2, 0.25) is 0 Å². The molecule has 0 bridgehead atoms. The minimum absolute atomic E-state index is 0.0892. The molecule has 0 aliphatic rings. The van der Waals surface area contributed by atoms with Crippen LogP contribution in [0.3, 0.4) is 0 Å². The maximum Gasteiger partial charge on any atom is 0.251 e. The topological polar surface area (TPSA) is 64.2 Å². The molecule has 0 aliphatic heterocycles. The summed E-state index contributed by atoms with van der Waals surface area (Å²) < 4.78 is 10.8. The first-order valence-corrected chi connectivity index (χ1v) is 9.93. The first kappa shape index (κ1) is 18.7. The molecule has 0 amide bonds. The van der Waals surface area contributed by atoms with Crippen molar-refractivity contribution in [2.45, 2.75) is 24.3 Å². The summed E-state index contributed by atoms with van der Waals surface area (Å²) in [5, 5.41) is 0.679. The Balaban J connectivity index is 1.73. The zero-order chi connectivity index (χ0) is 17.2. The third kappa shape index (κ3) is 6.49. The number of H-pyrrole nitrogens is 1. The Hall–Kier alpha value is -1.60. The first-order valence-electron chi connectivity index (χ1n) is 7.79. The van der Waals surface area contributed by atoms with Gasteiger partial charge in [-0.05, 0) is 36.4 Å². The van der Waals surface area contributed by atoms with Crippen LogP contribution in [0, 0.1) is 0 Å². The van der Waals surface area contributed by atoms with Gasteiger partial charge in [-0.15, -0.1) is 0 Å². The number of benzene rings is 1. The molecular formula is C17H22N2O3S2. The number of hydrogen-bond donors (Lipinski definition) is 1. The zero-order valence-electron chi connectivity index (χ0n) is 13.9. The maximum absolute atomic E-state index is 11.6. The molecule has 0 radical (unpaired) electrons. The fourth-order valence-electron chi connectivity index (χ4n) is 1.92. The van der Waals surface area contributed by atoms with E-state index >= 15 is 0 Å². The smallest absolute Gasteiger partial charge is 0.251 e. The predicted molar refractivity (Wildman–Crippen MR) is 101 cm³/mol. The summed E-state index contributed by atoms with van der Waals surface area (Å²) in [6.07, 6.45) is 0.869. The van der Waals surface area contributed by atoms with Crippen LogP contribution in [0.15, 0.2) is 40.3 Å². The first-order chi connectivity index (χ1) is 11.7. The van der Waals surface area contributed by atoms with E-state index in [9.17, 15) is 4.79 Å². The van der Waals surface area contributed by atoms with Crippen LogP contribution >= 0.6 is 23.5 Å². The number of aromatic amines is 1. The molecule has 1 heterocycles. The molecule has 1 N–H and O–H groups in total. The lowest BCUT2D eigenvalue weighted by Gasteiger charge is -2.07. The van der Waals surface area contributed by atoms with Crippen molar-refractivity contribution in [3.8, 4) is 11.5 Å². The number of rotatable bonds is 10. The molecule has 0 unspecified atom stereocenters. The number of methoxy groups -OCH3 is 1. The van der Waals surface area contributed by atoms with Gasteiger partial charge < -0.3 is 14.5 Å². The third-order valence-corrected chi connectivity index (χ3v) is 4.95. The summed E-state index contributed by atoms with van der Waals surface area (Å²) in [7, 11) is 1.64. The third-order valence-electron chi connectivity index (χ3n) is 3.08. The molecule has 24 heavy (non-hydrogen) atoms. The lowest BCUT2D eigenvalue weighted by atomic mass is 10.3. The van der Waals surface area contributed by atoms with Crippen molar-refractivity contribution < 1.29 is 9.47 Å². The monoisotopic (exact) mass is 366 g/mol. The maximum atomic E-state index is 11.6. The van der Waals surface area contributed by atoms with E-state index in [1.54, 1.807) is 36.7 Å². The van der Waals surface area contributed by atoms with Crippen molar-refractivity contribution in [1.82, 2.24) is 9.97 Å². The average Bonchev–Trinajstić information content (AvgIpc) is 2.60. The van der Waals surface area contributed by atoms with E-state index < -0.39 is 0 Å². The van der Waals surface area contributed by atoms with Gasteiger partial charge in [0.05, 0.1) is 19.4 Å². The van der Waals surface area contributed by atoms with Crippen LogP contribution in [-0.2, 0) is 5.75 Å². The Labute approximate surface area is 150 Å². The molecule has 0 atom stereocenters. The van der Waals surface area contributed by atoms with Crippen molar-refractivity contribution in [1.29, 1.82) is 0 Å². The molecule has 2 rings (SSSR count). The number of hydrogen-bond acceptors (Lipinski definition) is 6. The normalized spacial score (nSPS) is 10.6. The molecule has 130 valence electrons. The minimum Gasteiger partial charge on any atom is -0.497 e. The molecule has 1 aromatic heterocycles. The highest BCUT2D eigenvalue weighted by Gasteiger charge is 2.03. The van der Waals surface area contributed by atoms with Crippen molar-refractivity contribution in [2.24, 2.45) is 0 Å². The Morgan fingerprint density at radius 2 is 1.96 bits per heavy atom. The van der Waals surface area contributed by atoms with Gasteiger partial charge in [0, 0.05) is 17.6 Å². The molecule has 0 saturated carbocycles. The van der Waals surface area contributed by atoms with Gasteiger partial charge in [0.1, 0.15) is 11.5 Å². The van der Waals surface area contributed by atoms with E-state index in [2.05, 4.69) is 16.9 Å². The average molecular weight is 367 g/mol. The van der Waals surface area contributed by atoms with Crippen LogP contribution in [0.1, 0.15) is 19.0 Å². The molecule has 0 fully saturated rings. The molecule has 0 spiro atoms. The minimum atomic E-state index is -0.0892. The van der Waals surface area contributed by atoms with Crippen molar-refractivity contribution in [2.75, 3.05) is 25.2 Å². The van der Waals surface area contributed by atoms with Gasteiger partial charge in [0.25, 0.3) is 5.56 Å². The van der Waals surface area contributed by atoms with E-state index in [0.29, 0.717) is 11.8 Å². The molecule has 5 nitrogen and oxygen atoms in total. The van der Waals surface area contributed by atoms with Crippen molar-refractivity contribution in [3.63, 3.8) is 0 Å². The summed E-state index contributed by atoms with van der Waals surface area (Å²) in [5.41, 5.74) is 0.747. The molecule has 0 aliphatic carbocycles. The fraction of sp³-hybridized carbons (Fsp3) is 0.412. The number of aromatic nitrogens is 2. The molecular weight excluding hydrogens is 344 g/mol. The number of thioether (sulfide) groups is 2. The Kier molecular flexibility index (Phi) is 8.04. The Morgan fingerprint density at radius 3 is 2.67 bits per heavy atom. The second-order valence-electron chi connectivity index (χ2n) is 4.91. The highest BCUT2D eigenvalue weighted by Crippen LogP contribution is 2.18. The lowest BCUT2D eigenvalue weighted by molar-refractivity contribution is 0.318. The molecule has 1 aromatic carbocycles. The summed E-state index contributed by atoms with van der Waals surface area (Å²) in [6, 6.07) is 9.09. The zero-order valence-corrected chi connectivity index (χ0v) is 15.5. The lowest BCUT2D eigenvalue weighted by Crippen LogP contribution is -2.10. The molecule has 0 saturated heterocycles. The molecule has 7 heteroatoms. The summed E-state index contributed by atoms with van der Waals surface area (Å²) in [5.74, 6) is 4.26. The van der Waals surface area contributed by atoms with Gasteiger partial charge in [-0.25, -0.2) is 4.98 Å². The number of nitrogens with one attached hydrogen (secondary N) is 1. The largest absolute Gasteiger partial charge is 0.497 e. The van der Waals surface area contributed by atoms with E-state index in [-0.39, 0.29) is 5.56 Å². The van der Waals surface area contributed by atoms with Crippen LogP contribution < -0.4 is 15.0 Å². The summed E-state index contributed by atoms with van der Waals surface area (Å²) in [4.78, 5) is 18.9. The van der Waals surface area contributed by atoms with Crippen LogP contribution in [0.25, 0.3) is 0 Å². The summed E-state index contributed by atoms with van der Waals surface area (Å²) >= 11 is 3.30. The van der Waals surface area contributed by atoms with Gasteiger partial charge in [0.15, 0.2) is 5.16 Å². The summed E-state index contributed by atoms with van der Waals surface area (Å²) in [6.45, 7) is 2.71. The Bertz CT molecular complexity index is 674. The van der Waals surface area contributed by atoms with Crippen LogP contribution in [-0.4, -0.2) is 35.2 Å². The number of nitrogens with zero attached hydrogens (tertiary/aromatic N) is 1. The fourth-order valence-corrected chi connectivity index (χ4v) is 3.29. The van der Waals surface area contributed by atoms with Gasteiger partial charge in [-0.3, -0.25) is 4.79 Å². The SMILES string of the molecule is CCSCc1cc(=O)[nH]c(SCCCOc2ccc(OC)cc2)n1. The van der Waals surface area contributed by atoms with Crippen LogP contribution in [0.5, 0.6) is 11.5 Å². The number of ether oxygens (including phenoxy) is 2. The van der Waals surface area contributed by atoms with E-state index in [4.69, 9.17) is 9.47 Å². The van der Waals surface area contributed by atoms with Crippen molar-refractivity contribution >= 4 is 23.5 Å². The Morgan fingerprint density at radius 1 is 1.21 bits per heavy atom. The predicted octanol–water partition coefficient (Wildman–Crippen LogP) is 3.59. The second kappa shape index (κ2) is 10.3. The van der Waals surface area contributed by atoms with E-state index in [1.807, 2.05) is 24.3 Å². The van der Waals surface area contributed by atoms with E-state index in [0.717, 1.165) is 40.9 Å². The quantitative estimate of drug-likeness (QED) is 0.394. The standard InChI is InChI=1S/C17H22N2O3S2/c1-3-23-12-13-11-16(20)19-17(18-13)24-10-4-9-22-15-7-5-14(21-2)6-8-15/h5-8,11H,3-4,9-10,12H2,1-2H3,(H,18,19,20). The van der Waals surface area contributed by atoms with Gasteiger partial charge in [0.2, 0.25) is 0 Å². The molecule has 2 aromatic rings. The van der Waals surface area contributed by atoms with E-state index in [1.165, 1.54) is 0 Å². The highest BCUT2D eigenvalue weighted by atomic mass is 32.2. The van der Waals surface area contributed by atoms with Gasteiger partial charge >= 0.3 is 0 Å². The highest BCUT2D eigenvalue weighted by molar-refractivity contribution is 7.99. The van der Waals surface area contributed by atoms with Gasteiger partial charge in [-0.1, -0.05) is 18.7 Å². The van der Waals surface area contributed by atoms with Crippen molar-refractivity contribution in [3.05, 3.63) is 46.4 Å².